The van der Waals surface area contributed by atoms with Gasteiger partial charge >= 0.3 is 0 Å². The van der Waals surface area contributed by atoms with Gasteiger partial charge in [-0.15, -0.1) is 0 Å². The van der Waals surface area contributed by atoms with Crippen molar-refractivity contribution in [2.24, 2.45) is 7.05 Å². The Hall–Kier alpha value is -1.19. The lowest BCUT2D eigenvalue weighted by atomic mass is 10.3. The molecule has 0 aliphatic carbocycles. The van der Waals surface area contributed by atoms with Crippen LogP contribution in [0, 0.1) is 0 Å². The fourth-order valence-electron chi connectivity index (χ4n) is 2.26. The zero-order valence-electron chi connectivity index (χ0n) is 9.88. The van der Waals surface area contributed by atoms with Crippen molar-refractivity contribution in [1.82, 2.24) is 9.78 Å². The highest BCUT2D eigenvalue weighted by Crippen LogP contribution is 2.31. The first-order valence-electron chi connectivity index (χ1n) is 5.82. The third-order valence-corrected chi connectivity index (χ3v) is 3.01. The van der Waals surface area contributed by atoms with E-state index in [4.69, 9.17) is 0 Å². The quantitative estimate of drug-likeness (QED) is 0.802. The number of hydrogen-bond acceptors (Lipinski definition) is 3. The highest BCUT2D eigenvalue weighted by Gasteiger charge is 2.21. The average molecular weight is 208 g/mol. The number of aryl methyl sites for hydroxylation is 2. The van der Waals surface area contributed by atoms with E-state index in [1.165, 1.54) is 23.6 Å². The highest BCUT2D eigenvalue weighted by atomic mass is 15.4. The van der Waals surface area contributed by atoms with Crippen molar-refractivity contribution in [3.63, 3.8) is 0 Å². The van der Waals surface area contributed by atoms with E-state index in [1.54, 1.807) is 0 Å². The second-order valence-electron chi connectivity index (χ2n) is 3.98. The van der Waals surface area contributed by atoms with Crippen LogP contribution in [-0.4, -0.2) is 29.4 Å². The lowest BCUT2D eigenvalue weighted by Crippen LogP contribution is -2.25. The first kappa shape index (κ1) is 10.3. The SMILES string of the molecule is CCc1nn(C)c2c1NCCCN2CC. The van der Waals surface area contributed by atoms with Gasteiger partial charge in [-0.25, -0.2) is 0 Å². The molecule has 0 saturated heterocycles. The number of anilines is 2. The molecule has 0 amide bonds. The Labute approximate surface area is 91.3 Å². The van der Waals surface area contributed by atoms with Crippen LogP contribution in [-0.2, 0) is 13.5 Å². The molecule has 0 aromatic carbocycles. The van der Waals surface area contributed by atoms with Gasteiger partial charge in [-0.1, -0.05) is 6.92 Å². The van der Waals surface area contributed by atoms with Gasteiger partial charge in [0.15, 0.2) is 5.82 Å². The molecule has 1 aromatic rings. The van der Waals surface area contributed by atoms with Crippen molar-refractivity contribution < 1.29 is 0 Å². The van der Waals surface area contributed by atoms with Crippen LogP contribution in [0.15, 0.2) is 0 Å². The maximum absolute atomic E-state index is 4.56. The van der Waals surface area contributed by atoms with Crippen molar-refractivity contribution in [3.8, 4) is 0 Å². The number of nitrogens with zero attached hydrogens (tertiary/aromatic N) is 3. The van der Waals surface area contributed by atoms with Crippen LogP contribution in [0.3, 0.4) is 0 Å². The number of nitrogens with one attached hydrogen (secondary N) is 1. The largest absolute Gasteiger partial charge is 0.380 e. The Morgan fingerprint density at radius 2 is 2.20 bits per heavy atom. The van der Waals surface area contributed by atoms with Crippen molar-refractivity contribution in [2.45, 2.75) is 26.7 Å². The third-order valence-electron chi connectivity index (χ3n) is 3.01. The molecule has 1 N–H and O–H groups in total. The van der Waals surface area contributed by atoms with E-state index in [2.05, 4.69) is 29.2 Å². The summed E-state index contributed by atoms with van der Waals surface area (Å²) in [5.74, 6) is 1.26. The van der Waals surface area contributed by atoms with E-state index < -0.39 is 0 Å². The first-order valence-corrected chi connectivity index (χ1v) is 5.82. The zero-order valence-corrected chi connectivity index (χ0v) is 9.88. The Kier molecular flexibility index (Phi) is 2.84. The normalized spacial score (nSPS) is 15.8. The fraction of sp³-hybridized carbons (Fsp3) is 0.727. The standard InChI is InChI=1S/C11H20N4/c1-4-9-10-11(14(3)13-9)15(5-2)8-6-7-12-10/h12H,4-8H2,1-3H3. The van der Waals surface area contributed by atoms with Gasteiger partial charge in [0.1, 0.15) is 5.69 Å². The van der Waals surface area contributed by atoms with Crippen molar-refractivity contribution in [3.05, 3.63) is 5.69 Å². The van der Waals surface area contributed by atoms with E-state index in [9.17, 15) is 0 Å². The second kappa shape index (κ2) is 4.13. The minimum atomic E-state index is 0.994. The minimum Gasteiger partial charge on any atom is -0.380 e. The Morgan fingerprint density at radius 1 is 1.40 bits per heavy atom. The minimum absolute atomic E-state index is 0.994. The zero-order chi connectivity index (χ0) is 10.8. The van der Waals surface area contributed by atoms with Crippen molar-refractivity contribution in [1.29, 1.82) is 0 Å². The molecule has 0 saturated carbocycles. The Bertz CT molecular complexity index is 343. The molecule has 1 aliphatic heterocycles. The van der Waals surface area contributed by atoms with E-state index >= 15 is 0 Å². The van der Waals surface area contributed by atoms with Crippen LogP contribution in [0.4, 0.5) is 11.5 Å². The molecule has 0 bridgehead atoms. The van der Waals surface area contributed by atoms with Crippen LogP contribution in [0.2, 0.25) is 0 Å². The highest BCUT2D eigenvalue weighted by molar-refractivity contribution is 5.70. The number of hydrogen-bond donors (Lipinski definition) is 1. The summed E-state index contributed by atoms with van der Waals surface area (Å²) < 4.78 is 2.01. The van der Waals surface area contributed by atoms with E-state index in [1.807, 2.05) is 11.7 Å². The van der Waals surface area contributed by atoms with Gasteiger partial charge in [-0.05, 0) is 19.8 Å². The molecular weight excluding hydrogens is 188 g/mol. The maximum Gasteiger partial charge on any atom is 0.150 e. The van der Waals surface area contributed by atoms with Crippen LogP contribution < -0.4 is 10.2 Å². The molecule has 0 radical (unpaired) electrons. The number of rotatable bonds is 2. The summed E-state index contributed by atoms with van der Waals surface area (Å²) >= 11 is 0. The summed E-state index contributed by atoms with van der Waals surface area (Å²) in [5, 5.41) is 8.07. The summed E-state index contributed by atoms with van der Waals surface area (Å²) in [5.41, 5.74) is 2.44. The van der Waals surface area contributed by atoms with Crippen molar-refractivity contribution in [2.75, 3.05) is 29.9 Å². The van der Waals surface area contributed by atoms with Gasteiger partial charge in [0, 0.05) is 26.7 Å². The van der Waals surface area contributed by atoms with E-state index in [0.29, 0.717) is 0 Å². The molecule has 1 aliphatic rings. The molecule has 4 nitrogen and oxygen atoms in total. The summed E-state index contributed by atoms with van der Waals surface area (Å²) in [6.07, 6.45) is 2.19. The van der Waals surface area contributed by atoms with Crippen LogP contribution in [0.5, 0.6) is 0 Å². The molecule has 2 rings (SSSR count). The summed E-state index contributed by atoms with van der Waals surface area (Å²) in [6.45, 7) is 7.60. The summed E-state index contributed by atoms with van der Waals surface area (Å²) in [4.78, 5) is 2.40. The molecule has 4 heteroatoms. The van der Waals surface area contributed by atoms with Crippen LogP contribution >= 0.6 is 0 Å². The van der Waals surface area contributed by atoms with Crippen molar-refractivity contribution >= 4 is 11.5 Å². The molecule has 0 atom stereocenters. The van der Waals surface area contributed by atoms with Crippen LogP contribution in [0.25, 0.3) is 0 Å². The molecule has 84 valence electrons. The molecule has 0 spiro atoms. The lowest BCUT2D eigenvalue weighted by Gasteiger charge is -2.21. The van der Waals surface area contributed by atoms with Gasteiger partial charge in [-0.2, -0.15) is 5.10 Å². The number of aromatic nitrogens is 2. The predicted octanol–water partition coefficient (Wildman–Crippen LogP) is 1.62. The predicted molar refractivity (Wildman–Crippen MR) is 63.6 cm³/mol. The van der Waals surface area contributed by atoms with Crippen LogP contribution in [0.1, 0.15) is 26.0 Å². The monoisotopic (exact) mass is 208 g/mol. The smallest absolute Gasteiger partial charge is 0.150 e. The first-order chi connectivity index (χ1) is 7.27. The van der Waals surface area contributed by atoms with Gasteiger partial charge in [0.2, 0.25) is 0 Å². The van der Waals surface area contributed by atoms with E-state index in [-0.39, 0.29) is 0 Å². The molecule has 1 aromatic heterocycles. The molecule has 15 heavy (non-hydrogen) atoms. The summed E-state index contributed by atoms with van der Waals surface area (Å²) in [6, 6.07) is 0. The number of fused-ring (bicyclic) bond motifs is 1. The van der Waals surface area contributed by atoms with Gasteiger partial charge in [-0.3, -0.25) is 4.68 Å². The fourth-order valence-corrected chi connectivity index (χ4v) is 2.26. The average Bonchev–Trinajstić information content (AvgIpc) is 2.46. The maximum atomic E-state index is 4.56. The second-order valence-corrected chi connectivity index (χ2v) is 3.98. The Morgan fingerprint density at radius 3 is 2.87 bits per heavy atom. The summed E-state index contributed by atoms with van der Waals surface area (Å²) in [7, 11) is 2.04. The topological polar surface area (TPSA) is 33.1 Å². The van der Waals surface area contributed by atoms with E-state index in [0.717, 1.165) is 26.1 Å². The molecule has 2 heterocycles. The van der Waals surface area contributed by atoms with Gasteiger partial charge in [0.05, 0.1) is 5.69 Å². The van der Waals surface area contributed by atoms with Gasteiger partial charge < -0.3 is 10.2 Å². The Balaban J connectivity index is 2.46. The van der Waals surface area contributed by atoms with Gasteiger partial charge in [0.25, 0.3) is 0 Å². The molecule has 0 fully saturated rings. The lowest BCUT2D eigenvalue weighted by molar-refractivity contribution is 0.693. The third kappa shape index (κ3) is 1.68. The molecular formula is C11H20N4. The molecule has 0 unspecified atom stereocenters.